The van der Waals surface area contributed by atoms with Gasteiger partial charge in [0.05, 0.1) is 5.02 Å². The van der Waals surface area contributed by atoms with E-state index in [1.807, 2.05) is 0 Å². The maximum atomic E-state index is 13.0. The molecule has 1 atom stereocenters. The van der Waals surface area contributed by atoms with Gasteiger partial charge >= 0.3 is 0 Å². The Balaban J connectivity index is 2.68. The molecule has 1 aromatic rings. The molecule has 0 spiro atoms. The highest BCUT2D eigenvalue weighted by Gasteiger charge is 2.34. The second-order valence-corrected chi connectivity index (χ2v) is 3.33. The lowest BCUT2D eigenvalue weighted by molar-refractivity contribution is 0.0899. The molecule has 2 rings (SSSR count). The number of benzene rings is 1. The van der Waals surface area contributed by atoms with E-state index in [9.17, 15) is 13.6 Å². The normalized spacial score (nSPS) is 20.5. The average Bonchev–Trinajstić information content (AvgIpc) is 2.38. The Morgan fingerprint density at radius 3 is 2.77 bits per heavy atom. The van der Waals surface area contributed by atoms with Crippen molar-refractivity contribution >= 4 is 17.4 Å². The topological polar surface area (TPSA) is 17.1 Å². The third kappa shape index (κ3) is 1.15. The molecule has 4 heteroatoms. The van der Waals surface area contributed by atoms with Gasteiger partial charge in [-0.1, -0.05) is 11.6 Å². The van der Waals surface area contributed by atoms with Crippen molar-refractivity contribution in [2.24, 2.45) is 0 Å². The molecular weight excluding hydrogens is 198 g/mol. The number of alkyl halides is 1. The highest BCUT2D eigenvalue weighted by atomic mass is 35.5. The van der Waals surface area contributed by atoms with E-state index in [1.165, 1.54) is 6.07 Å². The van der Waals surface area contributed by atoms with Gasteiger partial charge in [0.2, 0.25) is 0 Å². The summed E-state index contributed by atoms with van der Waals surface area (Å²) in [6, 6.07) is 2.41. The van der Waals surface area contributed by atoms with E-state index in [-0.39, 0.29) is 22.6 Å². The molecule has 0 saturated carbocycles. The monoisotopic (exact) mass is 202 g/mol. The summed E-state index contributed by atoms with van der Waals surface area (Å²) in [6.45, 7) is 0. The van der Waals surface area contributed by atoms with Crippen molar-refractivity contribution in [2.45, 2.75) is 12.6 Å². The molecule has 1 nitrogen and oxygen atoms in total. The van der Waals surface area contributed by atoms with Crippen LogP contribution < -0.4 is 0 Å². The summed E-state index contributed by atoms with van der Waals surface area (Å²) in [5.74, 6) is -1.27. The van der Waals surface area contributed by atoms with Crippen molar-refractivity contribution in [3.8, 4) is 0 Å². The zero-order valence-corrected chi connectivity index (χ0v) is 7.24. The molecule has 68 valence electrons. The lowest BCUT2D eigenvalue weighted by Gasteiger charge is -2.00. The number of hydrogen-bond acceptors (Lipinski definition) is 1. The van der Waals surface area contributed by atoms with E-state index in [1.54, 1.807) is 0 Å². The highest BCUT2D eigenvalue weighted by molar-refractivity contribution is 6.34. The van der Waals surface area contributed by atoms with Crippen LogP contribution in [0.25, 0.3) is 0 Å². The zero-order valence-electron chi connectivity index (χ0n) is 6.48. The van der Waals surface area contributed by atoms with Gasteiger partial charge in [-0.2, -0.15) is 0 Å². The predicted molar refractivity (Wildman–Crippen MR) is 44.3 cm³/mol. The van der Waals surface area contributed by atoms with Crippen LogP contribution in [-0.2, 0) is 6.42 Å². The number of hydrogen-bond donors (Lipinski definition) is 0. The summed E-state index contributed by atoms with van der Waals surface area (Å²) in [5, 5.41) is 0.126. The summed E-state index contributed by atoms with van der Waals surface area (Å²) in [6.07, 6.45) is -1.83. The number of Topliss-reactive ketones (excluding diaryl/α,β-unsaturated/α-hetero) is 1. The lowest BCUT2D eigenvalue weighted by atomic mass is 10.1. The fraction of sp³-hybridized carbons (Fsp3) is 0.222. The molecule has 1 aliphatic rings. The Bertz CT molecular complexity index is 389. The summed E-state index contributed by atoms with van der Waals surface area (Å²) in [7, 11) is 0. The first-order chi connectivity index (χ1) is 6.11. The van der Waals surface area contributed by atoms with E-state index in [2.05, 4.69) is 0 Å². The van der Waals surface area contributed by atoms with Gasteiger partial charge in [0.1, 0.15) is 5.82 Å². The van der Waals surface area contributed by atoms with Crippen LogP contribution in [0.5, 0.6) is 0 Å². The Morgan fingerprint density at radius 2 is 2.15 bits per heavy atom. The largest absolute Gasteiger partial charge is 0.291 e. The fourth-order valence-corrected chi connectivity index (χ4v) is 1.76. The first kappa shape index (κ1) is 8.63. The van der Waals surface area contributed by atoms with Gasteiger partial charge in [0, 0.05) is 17.5 Å². The van der Waals surface area contributed by atoms with Gasteiger partial charge < -0.3 is 0 Å². The molecule has 0 amide bonds. The van der Waals surface area contributed by atoms with Crippen LogP contribution in [0.2, 0.25) is 5.02 Å². The third-order valence-corrected chi connectivity index (χ3v) is 2.43. The minimum atomic E-state index is -1.63. The molecular formula is C9H5ClF2O. The number of fused-ring (bicyclic) bond motifs is 1. The number of halogens is 3. The number of ketones is 1. The van der Waals surface area contributed by atoms with Crippen LogP contribution in [0.4, 0.5) is 8.78 Å². The van der Waals surface area contributed by atoms with Gasteiger partial charge in [-0.25, -0.2) is 8.78 Å². The van der Waals surface area contributed by atoms with E-state index in [4.69, 9.17) is 11.6 Å². The molecule has 0 radical (unpaired) electrons. The lowest BCUT2D eigenvalue weighted by Crippen LogP contribution is -2.08. The molecule has 0 heterocycles. The Morgan fingerprint density at radius 1 is 1.46 bits per heavy atom. The van der Waals surface area contributed by atoms with Crippen LogP contribution in [0.15, 0.2) is 12.1 Å². The molecule has 0 aromatic heterocycles. The van der Waals surface area contributed by atoms with Crippen LogP contribution in [0.3, 0.4) is 0 Å². The zero-order chi connectivity index (χ0) is 9.59. The van der Waals surface area contributed by atoms with Crippen LogP contribution in [0, 0.1) is 5.82 Å². The minimum absolute atomic E-state index is 0.00849. The number of carbonyl (C=O) groups excluding carboxylic acids is 1. The second kappa shape index (κ2) is 2.77. The number of carbonyl (C=O) groups is 1. The molecule has 0 aliphatic heterocycles. The Kier molecular flexibility index (Phi) is 1.84. The van der Waals surface area contributed by atoms with E-state index >= 15 is 0 Å². The Labute approximate surface area is 78.3 Å². The highest BCUT2D eigenvalue weighted by Crippen LogP contribution is 2.32. The summed E-state index contributed by atoms with van der Waals surface area (Å²) >= 11 is 5.65. The van der Waals surface area contributed by atoms with E-state index < -0.39 is 17.8 Å². The quantitative estimate of drug-likeness (QED) is 0.632. The minimum Gasteiger partial charge on any atom is -0.291 e. The molecule has 1 aromatic carbocycles. The second-order valence-electron chi connectivity index (χ2n) is 2.92. The van der Waals surface area contributed by atoms with Crippen molar-refractivity contribution in [3.05, 3.63) is 34.1 Å². The summed E-state index contributed by atoms with van der Waals surface area (Å²) in [4.78, 5) is 11.1. The van der Waals surface area contributed by atoms with Gasteiger partial charge in [0.15, 0.2) is 12.0 Å². The molecule has 0 saturated heterocycles. The standard InChI is InChI=1S/C9H5ClF2O/c10-5-1-2-6(11)4-3-7(12)9(13)8(4)5/h1-2,7H,3H2. The van der Waals surface area contributed by atoms with Gasteiger partial charge in [-0.05, 0) is 12.1 Å². The molecule has 1 unspecified atom stereocenters. The van der Waals surface area contributed by atoms with Gasteiger partial charge in [-0.15, -0.1) is 0 Å². The van der Waals surface area contributed by atoms with Crippen molar-refractivity contribution < 1.29 is 13.6 Å². The summed E-state index contributed by atoms with van der Waals surface area (Å²) in [5.41, 5.74) is 0.110. The fourth-order valence-electron chi connectivity index (χ4n) is 1.49. The van der Waals surface area contributed by atoms with Crippen LogP contribution >= 0.6 is 11.6 Å². The predicted octanol–water partition coefficient (Wildman–Crippen LogP) is 2.56. The molecule has 1 aliphatic carbocycles. The van der Waals surface area contributed by atoms with Crippen LogP contribution in [-0.4, -0.2) is 12.0 Å². The maximum Gasteiger partial charge on any atom is 0.199 e. The smallest absolute Gasteiger partial charge is 0.199 e. The van der Waals surface area contributed by atoms with Crippen molar-refractivity contribution in [3.63, 3.8) is 0 Å². The van der Waals surface area contributed by atoms with Gasteiger partial charge in [0.25, 0.3) is 0 Å². The van der Waals surface area contributed by atoms with E-state index in [0.29, 0.717) is 0 Å². The van der Waals surface area contributed by atoms with Crippen molar-refractivity contribution in [1.82, 2.24) is 0 Å². The first-order valence-corrected chi connectivity index (χ1v) is 4.14. The SMILES string of the molecule is O=C1c2c(Cl)ccc(F)c2CC1F. The molecule has 13 heavy (non-hydrogen) atoms. The molecule has 0 bridgehead atoms. The molecule has 0 fully saturated rings. The average molecular weight is 203 g/mol. The Hall–Kier alpha value is -0.960. The number of rotatable bonds is 0. The van der Waals surface area contributed by atoms with Gasteiger partial charge in [-0.3, -0.25) is 4.79 Å². The molecule has 0 N–H and O–H groups in total. The van der Waals surface area contributed by atoms with Crippen molar-refractivity contribution in [2.75, 3.05) is 0 Å². The first-order valence-electron chi connectivity index (χ1n) is 3.76. The maximum absolute atomic E-state index is 13.0. The third-order valence-electron chi connectivity index (χ3n) is 2.12. The summed E-state index contributed by atoms with van der Waals surface area (Å²) < 4.78 is 25.9. The van der Waals surface area contributed by atoms with Crippen LogP contribution in [0.1, 0.15) is 15.9 Å². The van der Waals surface area contributed by atoms with Crippen molar-refractivity contribution in [1.29, 1.82) is 0 Å². The van der Waals surface area contributed by atoms with E-state index in [0.717, 1.165) is 6.07 Å².